The third-order valence-electron chi connectivity index (χ3n) is 17.5. The van der Waals surface area contributed by atoms with Crippen molar-refractivity contribution in [2.75, 3.05) is 63.3 Å². The Kier molecular flexibility index (Phi) is 5.34. The zero-order valence-electron chi connectivity index (χ0n) is 29.9. The number of methoxy groups -OCH3 is 1. The molecule has 1 saturated carbocycles. The van der Waals surface area contributed by atoms with Gasteiger partial charge in [0.2, 0.25) is 0 Å². The molecule has 3 N–H and O–H groups in total. The summed E-state index contributed by atoms with van der Waals surface area (Å²) in [7, 11) is 1.51. The number of rotatable bonds is 1. The number of nitrogens with zero attached hydrogens (tertiary/aromatic N) is 3. The van der Waals surface area contributed by atoms with E-state index >= 15 is 0 Å². The van der Waals surface area contributed by atoms with Gasteiger partial charge in [0.15, 0.2) is 5.72 Å². The summed E-state index contributed by atoms with van der Waals surface area (Å²) in [6.45, 7) is 5.84. The molecule has 9 heterocycles. The first-order chi connectivity index (χ1) is 25.3. The van der Waals surface area contributed by atoms with Gasteiger partial charge in [-0.15, -0.1) is 0 Å². The molecule has 0 bridgehead atoms. The fourth-order valence-electron chi connectivity index (χ4n) is 16.6. The molecule has 10 nitrogen and oxygen atoms in total. The van der Waals surface area contributed by atoms with Gasteiger partial charge in [0.1, 0.15) is 5.75 Å². The van der Waals surface area contributed by atoms with Crippen molar-refractivity contribution in [3.63, 3.8) is 0 Å². The molecule has 2 aromatic carbocycles. The molecule has 9 aliphatic heterocycles. The number of anilines is 2. The van der Waals surface area contributed by atoms with Crippen LogP contribution in [0.3, 0.4) is 0 Å². The van der Waals surface area contributed by atoms with Gasteiger partial charge in [0, 0.05) is 78.5 Å². The molecular weight excluding hydrogens is 656 g/mol. The molecule has 0 amide bonds. The van der Waals surface area contributed by atoms with Crippen molar-refractivity contribution in [3.05, 3.63) is 64.9 Å². The molecule has 5 spiro atoms. The maximum atomic E-state index is 13.9. The second-order valence-corrected chi connectivity index (χ2v) is 18.8. The third kappa shape index (κ3) is 2.88. The van der Waals surface area contributed by atoms with Crippen molar-refractivity contribution in [1.82, 2.24) is 9.80 Å². The Balaban J connectivity index is 1.02. The van der Waals surface area contributed by atoms with E-state index in [4.69, 9.17) is 14.2 Å². The minimum absolute atomic E-state index is 0.0236. The number of ether oxygens (including phenoxy) is 3. The van der Waals surface area contributed by atoms with Crippen molar-refractivity contribution in [2.45, 2.75) is 92.2 Å². The number of nitrogens with one attached hydrogen (secondary N) is 1. The summed E-state index contributed by atoms with van der Waals surface area (Å²) in [4.78, 5) is 21.7. The van der Waals surface area contributed by atoms with E-state index in [2.05, 4.69) is 50.3 Å². The first-order valence-electron chi connectivity index (χ1n) is 20.0. The van der Waals surface area contributed by atoms with Crippen LogP contribution in [0.2, 0.25) is 0 Å². The fraction of sp³-hybridized carbons (Fsp3) is 0.643. The SMILES string of the molecule is COC(=O)C1=C2Nc3ccccc3C23CCN2CC4(CC5CC67CCOC6CCN6CCC8(c9cccc(O)c9N(C4)C58O)C67)C4OCCC4(C1)C23. The van der Waals surface area contributed by atoms with Crippen molar-refractivity contribution >= 4 is 17.3 Å². The molecule has 11 atom stereocenters. The quantitative estimate of drug-likeness (QED) is 0.379. The van der Waals surface area contributed by atoms with Crippen LogP contribution in [0.4, 0.5) is 11.4 Å². The Morgan fingerprint density at radius 3 is 2.63 bits per heavy atom. The lowest BCUT2D eigenvalue weighted by Gasteiger charge is -2.70. The molecule has 8 fully saturated rings. The number of aliphatic hydroxyl groups is 1. The molecule has 7 saturated heterocycles. The molecule has 2 aromatic rings. The molecule has 11 unspecified atom stereocenters. The molecular formula is C42H48N4O6. The van der Waals surface area contributed by atoms with Crippen LogP contribution in [0.1, 0.15) is 62.5 Å². The number of aromatic hydroxyl groups is 1. The number of para-hydroxylation sites is 2. The predicted octanol–water partition coefficient (Wildman–Crippen LogP) is 3.86. The van der Waals surface area contributed by atoms with E-state index in [1.54, 1.807) is 0 Å². The topological polar surface area (TPSA) is 107 Å². The highest BCUT2D eigenvalue weighted by Gasteiger charge is 2.83. The Bertz CT molecular complexity index is 2040. The molecule has 0 radical (unpaired) electrons. The Labute approximate surface area is 304 Å². The number of phenolic OH excluding ortho intramolecular Hbond substituents is 1. The average molecular weight is 705 g/mol. The van der Waals surface area contributed by atoms with E-state index in [9.17, 15) is 15.0 Å². The summed E-state index contributed by atoms with van der Waals surface area (Å²) >= 11 is 0. The van der Waals surface area contributed by atoms with Crippen LogP contribution < -0.4 is 10.2 Å². The van der Waals surface area contributed by atoms with Gasteiger partial charge in [-0.1, -0.05) is 30.3 Å². The van der Waals surface area contributed by atoms with Crippen LogP contribution in [0.5, 0.6) is 5.75 Å². The van der Waals surface area contributed by atoms with Crippen molar-refractivity contribution in [2.24, 2.45) is 22.2 Å². The largest absolute Gasteiger partial charge is 0.506 e. The average Bonchev–Trinajstić information content (AvgIpc) is 3.99. The summed E-state index contributed by atoms with van der Waals surface area (Å²) < 4.78 is 19.4. The van der Waals surface area contributed by atoms with Crippen LogP contribution >= 0.6 is 0 Å². The second-order valence-electron chi connectivity index (χ2n) is 18.8. The van der Waals surface area contributed by atoms with E-state index in [0.717, 1.165) is 106 Å². The first-order valence-corrected chi connectivity index (χ1v) is 20.0. The number of carbonyl (C=O) groups is 1. The summed E-state index contributed by atoms with van der Waals surface area (Å²) in [6.07, 6.45) is 7.27. The van der Waals surface area contributed by atoms with Gasteiger partial charge < -0.3 is 34.6 Å². The van der Waals surface area contributed by atoms with Gasteiger partial charge in [0.25, 0.3) is 0 Å². The Morgan fingerprint density at radius 1 is 0.904 bits per heavy atom. The molecule has 0 aromatic heterocycles. The lowest BCUT2D eigenvalue weighted by molar-refractivity contribution is -0.232. The molecule has 272 valence electrons. The van der Waals surface area contributed by atoms with Crippen LogP contribution in [0.15, 0.2) is 53.7 Å². The maximum Gasteiger partial charge on any atom is 0.335 e. The predicted molar refractivity (Wildman–Crippen MR) is 191 cm³/mol. The fourth-order valence-corrected chi connectivity index (χ4v) is 16.6. The summed E-state index contributed by atoms with van der Waals surface area (Å²) in [5, 5.41) is 29.5. The standard InChI is InChI=1S/C42H48N4O6/c1-50-33(48)25-21-39-13-18-52-36(39)37(22-45-15-10-40(34(39)45)26-5-2-3-7-28(26)43-32(25)40)19-24-20-38-12-17-51-30(38)9-14-44-16-11-41(35(38)44)27-6-4-8-29(47)31(27)46(23-37)42(24,41)49/h2-8,24,30,34-36,43,47,49H,9-23H2,1H3. The number of benzene rings is 2. The monoisotopic (exact) mass is 704 g/mol. The Morgan fingerprint density at radius 2 is 1.73 bits per heavy atom. The number of phenols is 1. The summed E-state index contributed by atoms with van der Waals surface area (Å²) in [6, 6.07) is 15.1. The van der Waals surface area contributed by atoms with E-state index < -0.39 is 11.1 Å². The second kappa shape index (κ2) is 9.20. The van der Waals surface area contributed by atoms with Crippen LogP contribution in [-0.2, 0) is 29.8 Å². The van der Waals surface area contributed by atoms with E-state index in [1.165, 1.54) is 12.7 Å². The summed E-state index contributed by atoms with van der Waals surface area (Å²) in [5.74, 6) is 0.0117. The lowest BCUT2D eigenvalue weighted by Crippen LogP contribution is -2.81. The minimum atomic E-state index is -1.12. The van der Waals surface area contributed by atoms with Gasteiger partial charge in [-0.25, -0.2) is 4.79 Å². The van der Waals surface area contributed by atoms with Crippen LogP contribution in [-0.4, -0.2) is 109 Å². The highest BCUT2D eigenvalue weighted by atomic mass is 16.5. The number of piperidine rings is 3. The highest BCUT2D eigenvalue weighted by molar-refractivity contribution is 5.93. The molecule has 11 aliphatic rings. The van der Waals surface area contributed by atoms with E-state index in [-0.39, 0.29) is 63.6 Å². The lowest BCUT2D eigenvalue weighted by atomic mass is 9.43. The number of hydrogen-bond acceptors (Lipinski definition) is 10. The van der Waals surface area contributed by atoms with Gasteiger partial charge >= 0.3 is 5.97 Å². The van der Waals surface area contributed by atoms with Gasteiger partial charge in [0.05, 0.1) is 41.4 Å². The number of esters is 1. The van der Waals surface area contributed by atoms with Crippen molar-refractivity contribution in [1.29, 1.82) is 0 Å². The summed E-state index contributed by atoms with van der Waals surface area (Å²) in [5.41, 5.74) is 3.60. The number of carbonyl (C=O) groups excluding carboxylic acids is 1. The first kappa shape index (κ1) is 30.2. The smallest absolute Gasteiger partial charge is 0.335 e. The third-order valence-corrected chi connectivity index (χ3v) is 17.5. The molecule has 52 heavy (non-hydrogen) atoms. The van der Waals surface area contributed by atoms with E-state index in [0.29, 0.717) is 19.6 Å². The van der Waals surface area contributed by atoms with Crippen LogP contribution in [0, 0.1) is 22.2 Å². The van der Waals surface area contributed by atoms with Gasteiger partial charge in [-0.3, -0.25) is 9.80 Å². The number of fused-ring (bicyclic) bond motifs is 4. The van der Waals surface area contributed by atoms with Crippen molar-refractivity contribution in [3.8, 4) is 5.75 Å². The van der Waals surface area contributed by atoms with Gasteiger partial charge in [-0.2, -0.15) is 0 Å². The highest BCUT2D eigenvalue weighted by Crippen LogP contribution is 2.77. The van der Waals surface area contributed by atoms with Gasteiger partial charge in [-0.05, 0) is 87.7 Å². The normalized spacial score (nSPS) is 48.3. The molecule has 13 rings (SSSR count). The van der Waals surface area contributed by atoms with Crippen LogP contribution in [0.25, 0.3) is 0 Å². The molecule has 10 heteroatoms. The Hall–Kier alpha value is -3.15. The van der Waals surface area contributed by atoms with E-state index in [1.807, 2.05) is 12.1 Å². The molecule has 2 aliphatic carbocycles. The van der Waals surface area contributed by atoms with Crippen molar-refractivity contribution < 1.29 is 29.2 Å². The number of hydrogen-bond donors (Lipinski definition) is 3. The maximum absolute atomic E-state index is 13.9. The minimum Gasteiger partial charge on any atom is -0.506 e. The zero-order valence-corrected chi connectivity index (χ0v) is 29.9. The zero-order chi connectivity index (χ0) is 34.6.